The Kier molecular flexibility index (Phi) is 4.98. The molecule has 2 atom stereocenters. The Balaban J connectivity index is 1.92. The molecule has 0 aliphatic carbocycles. The van der Waals surface area contributed by atoms with Crippen LogP contribution in [0.2, 0.25) is 0 Å². The molecular formula is C17H20ClN. The summed E-state index contributed by atoms with van der Waals surface area (Å²) in [6.07, 6.45) is 3.83. The normalized spacial score (nSPS) is 14.1. The quantitative estimate of drug-likeness (QED) is 0.718. The molecule has 19 heavy (non-hydrogen) atoms. The Hall–Kier alpha value is -1.34. The van der Waals surface area contributed by atoms with E-state index >= 15 is 0 Å². The number of aromatic nitrogens is 1. The fraction of sp³-hybridized carbons (Fsp3) is 0.353. The Morgan fingerprint density at radius 3 is 2.68 bits per heavy atom. The molecule has 100 valence electrons. The number of halogens is 1. The minimum Gasteiger partial charge on any atom is -0.261 e. The molecule has 0 spiro atoms. The molecular weight excluding hydrogens is 254 g/mol. The summed E-state index contributed by atoms with van der Waals surface area (Å²) in [7, 11) is 0. The summed E-state index contributed by atoms with van der Waals surface area (Å²) in [6, 6.07) is 14.6. The fourth-order valence-corrected chi connectivity index (χ4v) is 2.49. The van der Waals surface area contributed by atoms with E-state index in [1.807, 2.05) is 24.4 Å². The summed E-state index contributed by atoms with van der Waals surface area (Å²) in [5.74, 6) is 0.285. The van der Waals surface area contributed by atoms with E-state index in [-0.39, 0.29) is 11.3 Å². The molecule has 0 amide bonds. The van der Waals surface area contributed by atoms with Gasteiger partial charge in [0.25, 0.3) is 0 Å². The first kappa shape index (κ1) is 14.1. The van der Waals surface area contributed by atoms with E-state index in [0.29, 0.717) is 0 Å². The van der Waals surface area contributed by atoms with Gasteiger partial charge in [0.2, 0.25) is 0 Å². The first-order valence-electron chi connectivity index (χ1n) is 6.77. The summed E-state index contributed by atoms with van der Waals surface area (Å²) in [6.45, 7) is 4.27. The number of rotatable bonds is 5. The van der Waals surface area contributed by atoms with Crippen LogP contribution < -0.4 is 0 Å². The maximum atomic E-state index is 6.52. The van der Waals surface area contributed by atoms with Crippen molar-refractivity contribution in [1.82, 2.24) is 4.98 Å². The lowest BCUT2D eigenvalue weighted by Gasteiger charge is -2.17. The topological polar surface area (TPSA) is 12.9 Å². The zero-order valence-corrected chi connectivity index (χ0v) is 12.3. The van der Waals surface area contributed by atoms with Gasteiger partial charge in [-0.1, -0.05) is 42.8 Å². The molecule has 2 unspecified atom stereocenters. The second-order valence-electron chi connectivity index (χ2n) is 5.09. The van der Waals surface area contributed by atoms with Crippen molar-refractivity contribution >= 4 is 11.6 Å². The van der Waals surface area contributed by atoms with Crippen molar-refractivity contribution in [3.8, 4) is 0 Å². The van der Waals surface area contributed by atoms with Crippen LogP contribution in [-0.4, -0.2) is 10.4 Å². The lowest BCUT2D eigenvalue weighted by molar-refractivity contribution is 0.629. The van der Waals surface area contributed by atoms with E-state index in [4.69, 9.17) is 11.6 Å². The Bertz CT molecular complexity index is 510. The van der Waals surface area contributed by atoms with Crippen LogP contribution in [-0.2, 0) is 6.42 Å². The number of aryl methyl sites for hydroxylation is 2. The number of alkyl halides is 1. The second-order valence-corrected chi connectivity index (χ2v) is 5.65. The minimum atomic E-state index is 0.121. The largest absolute Gasteiger partial charge is 0.261 e. The van der Waals surface area contributed by atoms with Gasteiger partial charge in [-0.3, -0.25) is 4.98 Å². The summed E-state index contributed by atoms with van der Waals surface area (Å²) in [5, 5.41) is 0.121. The monoisotopic (exact) mass is 273 g/mol. The van der Waals surface area contributed by atoms with Gasteiger partial charge in [-0.05, 0) is 37.5 Å². The molecule has 0 fully saturated rings. The third-order valence-corrected chi connectivity index (χ3v) is 4.08. The van der Waals surface area contributed by atoms with Crippen molar-refractivity contribution in [2.24, 2.45) is 0 Å². The minimum absolute atomic E-state index is 0.121. The van der Waals surface area contributed by atoms with Crippen LogP contribution in [0.1, 0.15) is 36.1 Å². The Morgan fingerprint density at radius 1 is 1.16 bits per heavy atom. The number of nitrogens with zero attached hydrogens (tertiary/aromatic N) is 1. The first-order valence-corrected chi connectivity index (χ1v) is 7.21. The molecule has 0 saturated heterocycles. The van der Waals surface area contributed by atoms with E-state index in [1.165, 1.54) is 11.1 Å². The van der Waals surface area contributed by atoms with Crippen molar-refractivity contribution in [3.63, 3.8) is 0 Å². The van der Waals surface area contributed by atoms with Crippen LogP contribution in [0.3, 0.4) is 0 Å². The van der Waals surface area contributed by atoms with Crippen molar-refractivity contribution in [1.29, 1.82) is 0 Å². The molecule has 0 radical (unpaired) electrons. The highest BCUT2D eigenvalue weighted by molar-refractivity contribution is 6.21. The lowest BCUT2D eigenvalue weighted by Crippen LogP contribution is -2.12. The highest BCUT2D eigenvalue weighted by atomic mass is 35.5. The molecule has 0 aliphatic rings. The highest BCUT2D eigenvalue weighted by Gasteiger charge is 2.17. The van der Waals surface area contributed by atoms with Gasteiger partial charge >= 0.3 is 0 Å². The maximum Gasteiger partial charge on any atom is 0.0446 e. The molecule has 1 aromatic carbocycles. The van der Waals surface area contributed by atoms with E-state index in [1.54, 1.807) is 0 Å². The van der Waals surface area contributed by atoms with Gasteiger partial charge in [-0.2, -0.15) is 0 Å². The number of pyridine rings is 1. The molecule has 0 saturated carbocycles. The van der Waals surface area contributed by atoms with Crippen molar-refractivity contribution in [2.75, 3.05) is 0 Å². The molecule has 2 rings (SSSR count). The van der Waals surface area contributed by atoms with Crippen LogP contribution in [0.25, 0.3) is 0 Å². The Labute approximate surface area is 120 Å². The summed E-state index contributed by atoms with van der Waals surface area (Å²) >= 11 is 6.52. The Morgan fingerprint density at radius 2 is 2.00 bits per heavy atom. The van der Waals surface area contributed by atoms with Crippen molar-refractivity contribution in [2.45, 2.75) is 38.0 Å². The molecule has 1 heterocycles. The predicted octanol–water partition coefficient (Wildman–Crippen LogP) is 4.73. The van der Waals surface area contributed by atoms with Crippen LogP contribution in [0.4, 0.5) is 0 Å². The van der Waals surface area contributed by atoms with Gasteiger partial charge in [0.05, 0.1) is 0 Å². The molecule has 1 nitrogen and oxygen atoms in total. The summed E-state index contributed by atoms with van der Waals surface area (Å²) in [4.78, 5) is 4.38. The van der Waals surface area contributed by atoms with Gasteiger partial charge < -0.3 is 0 Å². The lowest BCUT2D eigenvalue weighted by atomic mass is 9.97. The third-order valence-electron chi connectivity index (χ3n) is 3.49. The van der Waals surface area contributed by atoms with Gasteiger partial charge in [-0.25, -0.2) is 0 Å². The van der Waals surface area contributed by atoms with Gasteiger partial charge in [0.15, 0.2) is 0 Å². The third kappa shape index (κ3) is 4.07. The van der Waals surface area contributed by atoms with Gasteiger partial charge in [-0.15, -0.1) is 11.6 Å². The van der Waals surface area contributed by atoms with Crippen molar-refractivity contribution < 1.29 is 0 Å². The van der Waals surface area contributed by atoms with E-state index in [2.05, 4.69) is 43.1 Å². The molecule has 0 bridgehead atoms. The smallest absolute Gasteiger partial charge is 0.0446 e. The van der Waals surface area contributed by atoms with E-state index < -0.39 is 0 Å². The average molecular weight is 274 g/mol. The fourth-order valence-electron chi connectivity index (χ4n) is 2.25. The van der Waals surface area contributed by atoms with Crippen LogP contribution >= 0.6 is 11.6 Å². The zero-order chi connectivity index (χ0) is 13.7. The SMILES string of the molecule is Cc1cccc(CCC(Cl)C(C)c2ccccn2)c1. The summed E-state index contributed by atoms with van der Waals surface area (Å²) in [5.41, 5.74) is 3.74. The number of hydrogen-bond acceptors (Lipinski definition) is 1. The first-order chi connectivity index (χ1) is 9.16. The average Bonchev–Trinajstić information content (AvgIpc) is 2.45. The maximum absolute atomic E-state index is 6.52. The molecule has 1 aromatic heterocycles. The van der Waals surface area contributed by atoms with Crippen molar-refractivity contribution in [3.05, 3.63) is 65.5 Å². The number of hydrogen-bond donors (Lipinski definition) is 0. The molecule has 2 heteroatoms. The van der Waals surface area contributed by atoms with Crippen LogP contribution in [0.15, 0.2) is 48.7 Å². The highest BCUT2D eigenvalue weighted by Crippen LogP contribution is 2.25. The zero-order valence-electron chi connectivity index (χ0n) is 11.5. The second kappa shape index (κ2) is 6.72. The molecule has 0 aliphatic heterocycles. The van der Waals surface area contributed by atoms with E-state index in [9.17, 15) is 0 Å². The van der Waals surface area contributed by atoms with Gasteiger partial charge in [0.1, 0.15) is 0 Å². The standard InChI is InChI=1S/C17H20ClN/c1-13-6-5-7-15(12-13)9-10-16(18)14(2)17-8-3-4-11-19-17/h3-8,11-12,14,16H,9-10H2,1-2H3. The molecule has 0 N–H and O–H groups in total. The summed E-state index contributed by atoms with van der Waals surface area (Å²) < 4.78 is 0. The molecule has 2 aromatic rings. The van der Waals surface area contributed by atoms with Gasteiger partial charge in [0, 0.05) is 23.2 Å². The van der Waals surface area contributed by atoms with Crippen LogP contribution in [0, 0.1) is 6.92 Å². The van der Waals surface area contributed by atoms with Crippen LogP contribution in [0.5, 0.6) is 0 Å². The predicted molar refractivity (Wildman–Crippen MR) is 81.8 cm³/mol. The number of benzene rings is 1. The van der Waals surface area contributed by atoms with E-state index in [0.717, 1.165) is 18.5 Å².